The van der Waals surface area contributed by atoms with Crippen LogP contribution in [0.25, 0.3) is 12.2 Å². The average Bonchev–Trinajstić information content (AvgIpc) is 2.74. The number of Topliss-reactive ketones (excluding diaryl/α,β-unsaturated/α-hetero) is 1. The summed E-state index contributed by atoms with van der Waals surface area (Å²) in [6.45, 7) is 3.28. The second-order valence-electron chi connectivity index (χ2n) is 6.61. The lowest BCUT2D eigenvalue weighted by Gasteiger charge is -2.13. The van der Waals surface area contributed by atoms with E-state index in [2.05, 4.69) is 59.0 Å². The maximum Gasteiger partial charge on any atom is 0.169 e. The van der Waals surface area contributed by atoms with Gasteiger partial charge in [-0.2, -0.15) is 0 Å². The molecule has 2 aromatic rings. The van der Waals surface area contributed by atoms with Gasteiger partial charge in [-0.1, -0.05) is 18.2 Å². The first-order valence-electron chi connectivity index (χ1n) is 9.13. The zero-order valence-corrected chi connectivity index (χ0v) is 17.7. The number of hydrogen-bond acceptors (Lipinski definition) is 3. The monoisotopic (exact) mass is 474 g/mol. The number of ether oxygens (including phenoxy) is 2. The highest BCUT2D eigenvalue weighted by Gasteiger charge is 2.09. The van der Waals surface area contributed by atoms with Gasteiger partial charge in [0.15, 0.2) is 11.9 Å². The Morgan fingerprint density at radius 1 is 1.04 bits per heavy atom. The highest BCUT2D eigenvalue weighted by molar-refractivity contribution is 14.1. The summed E-state index contributed by atoms with van der Waals surface area (Å²) in [4.78, 5) is 11.3. The summed E-state index contributed by atoms with van der Waals surface area (Å²) in [6, 6.07) is 13.9. The summed E-state index contributed by atoms with van der Waals surface area (Å²) < 4.78 is 12.9. The molecule has 0 amide bonds. The van der Waals surface area contributed by atoms with Gasteiger partial charge in [0.1, 0.15) is 17.3 Å². The Bertz CT molecular complexity index is 958. The van der Waals surface area contributed by atoms with Crippen LogP contribution in [0.2, 0.25) is 0 Å². The van der Waals surface area contributed by atoms with E-state index >= 15 is 0 Å². The van der Waals surface area contributed by atoms with Crippen molar-refractivity contribution in [1.82, 2.24) is 0 Å². The largest absolute Gasteiger partial charge is 0.483 e. The molecule has 140 valence electrons. The van der Waals surface area contributed by atoms with E-state index in [0.717, 1.165) is 30.8 Å². The molecule has 1 aliphatic carbocycles. The van der Waals surface area contributed by atoms with Gasteiger partial charge in [-0.15, -0.1) is 0 Å². The number of rotatable bonds is 5. The Morgan fingerprint density at radius 2 is 1.78 bits per heavy atom. The minimum absolute atomic E-state index is 0.00773. The first-order valence-corrected chi connectivity index (χ1v) is 10.2. The average molecular weight is 474 g/mol. The van der Waals surface area contributed by atoms with E-state index in [0.29, 0.717) is 5.75 Å². The van der Waals surface area contributed by atoms with Crippen LogP contribution in [0.4, 0.5) is 0 Å². The van der Waals surface area contributed by atoms with Crippen LogP contribution in [0.3, 0.4) is 0 Å². The molecule has 0 saturated carbocycles. The van der Waals surface area contributed by atoms with Gasteiger partial charge in [0.2, 0.25) is 0 Å². The number of halogens is 1. The third kappa shape index (κ3) is 5.70. The number of fused-ring (bicyclic) bond motifs is 1. The highest BCUT2D eigenvalue weighted by Crippen LogP contribution is 2.22. The summed E-state index contributed by atoms with van der Waals surface area (Å²) in [6.07, 6.45) is 9.00. The van der Waals surface area contributed by atoms with E-state index in [1.807, 2.05) is 24.3 Å². The molecular weight excluding hydrogens is 451 g/mol. The van der Waals surface area contributed by atoms with Crippen molar-refractivity contribution in [2.45, 2.75) is 39.2 Å². The van der Waals surface area contributed by atoms with Gasteiger partial charge in [-0.25, -0.2) is 0 Å². The van der Waals surface area contributed by atoms with E-state index in [1.165, 1.54) is 20.9 Å². The van der Waals surface area contributed by atoms with Crippen molar-refractivity contribution in [3.05, 3.63) is 68.3 Å². The zero-order chi connectivity index (χ0) is 19.2. The summed E-state index contributed by atoms with van der Waals surface area (Å²) in [5.74, 6) is 2.39. The van der Waals surface area contributed by atoms with Gasteiger partial charge in [0.05, 0.1) is 0 Å². The Balaban J connectivity index is 1.77. The molecule has 0 radical (unpaired) electrons. The lowest BCUT2D eigenvalue weighted by atomic mass is 10.2. The van der Waals surface area contributed by atoms with E-state index in [1.54, 1.807) is 6.92 Å². The van der Waals surface area contributed by atoms with Crippen LogP contribution in [0.5, 0.6) is 11.5 Å². The molecule has 0 aromatic heterocycles. The molecule has 0 heterocycles. The summed E-state index contributed by atoms with van der Waals surface area (Å²) >= 11 is 2.34. The number of ketones is 1. The third-order valence-electron chi connectivity index (χ3n) is 4.45. The maximum atomic E-state index is 11.3. The van der Waals surface area contributed by atoms with Gasteiger partial charge in [0, 0.05) is 9.99 Å². The predicted octanol–water partition coefficient (Wildman–Crippen LogP) is 4.36. The van der Waals surface area contributed by atoms with Gasteiger partial charge in [-0.3, -0.25) is 4.79 Å². The van der Waals surface area contributed by atoms with Crippen molar-refractivity contribution in [3.8, 4) is 11.5 Å². The molecule has 0 bridgehead atoms. The molecule has 0 saturated heterocycles. The molecule has 1 aliphatic rings. The number of hydrogen-bond donors (Lipinski definition) is 0. The highest BCUT2D eigenvalue weighted by atomic mass is 127. The van der Waals surface area contributed by atoms with Gasteiger partial charge in [0.25, 0.3) is 0 Å². The molecular formula is C23H23IO3. The van der Waals surface area contributed by atoms with E-state index < -0.39 is 6.10 Å². The van der Waals surface area contributed by atoms with Crippen LogP contribution in [0.15, 0.2) is 54.3 Å². The second-order valence-corrected chi connectivity index (χ2v) is 7.86. The molecule has 0 fully saturated rings. The van der Waals surface area contributed by atoms with Crippen molar-refractivity contribution >= 4 is 40.5 Å². The fourth-order valence-electron chi connectivity index (χ4n) is 2.79. The lowest BCUT2D eigenvalue weighted by molar-refractivity contribution is -0.122. The topological polar surface area (TPSA) is 35.5 Å². The van der Waals surface area contributed by atoms with E-state index in [4.69, 9.17) is 9.47 Å². The number of carbonyl (C=O) groups excluding carboxylic acids is 1. The van der Waals surface area contributed by atoms with Crippen LogP contribution in [-0.2, 0) is 4.79 Å². The molecule has 1 unspecified atom stereocenters. The molecule has 4 heteroatoms. The van der Waals surface area contributed by atoms with Crippen LogP contribution >= 0.6 is 22.6 Å². The Labute approximate surface area is 173 Å². The standard InChI is InChI=1S/C23H23IO3/c1-16(25)17(2)26-22-11-13-23(14-12-22)27-21-6-4-3-5-18-7-9-20(24)15-19(18)8-10-21/h5,7-15,17H,3-4,6H2,1-2H3/b18-5-,19-8-,21-10+. The second kappa shape index (κ2) is 9.22. The number of allylic oxidation sites excluding steroid dienone is 2. The Kier molecular flexibility index (Phi) is 6.72. The molecule has 2 aromatic carbocycles. The van der Waals surface area contributed by atoms with Crippen LogP contribution in [0, 0.1) is 3.57 Å². The van der Waals surface area contributed by atoms with Crippen LogP contribution < -0.4 is 19.9 Å². The SMILES string of the molecule is CC(=O)C(C)Oc1ccc(O/C2=C/C=c3/cc(I)cc/c3=C/CCC2)cc1. The van der Waals surface area contributed by atoms with E-state index in [-0.39, 0.29) is 5.78 Å². The summed E-state index contributed by atoms with van der Waals surface area (Å²) in [7, 11) is 0. The van der Waals surface area contributed by atoms with Crippen molar-refractivity contribution < 1.29 is 14.3 Å². The minimum Gasteiger partial charge on any atom is -0.483 e. The molecule has 0 spiro atoms. The lowest BCUT2D eigenvalue weighted by Crippen LogP contribution is -2.24. The summed E-state index contributed by atoms with van der Waals surface area (Å²) in [5, 5.41) is 2.49. The zero-order valence-electron chi connectivity index (χ0n) is 15.6. The van der Waals surface area contributed by atoms with Crippen molar-refractivity contribution in [2.75, 3.05) is 0 Å². The third-order valence-corrected chi connectivity index (χ3v) is 5.12. The van der Waals surface area contributed by atoms with Crippen molar-refractivity contribution in [3.63, 3.8) is 0 Å². The van der Waals surface area contributed by atoms with Gasteiger partial charge < -0.3 is 9.47 Å². The van der Waals surface area contributed by atoms with Gasteiger partial charge in [-0.05, 0) is 102 Å². The fourth-order valence-corrected chi connectivity index (χ4v) is 3.30. The first-order chi connectivity index (χ1) is 13.0. The summed E-state index contributed by atoms with van der Waals surface area (Å²) in [5.41, 5.74) is 0. The molecule has 27 heavy (non-hydrogen) atoms. The normalized spacial score (nSPS) is 19.3. The fraction of sp³-hybridized carbons (Fsp3) is 0.261. The van der Waals surface area contributed by atoms with E-state index in [9.17, 15) is 4.79 Å². The molecule has 3 nitrogen and oxygen atoms in total. The smallest absolute Gasteiger partial charge is 0.169 e. The van der Waals surface area contributed by atoms with Crippen molar-refractivity contribution in [2.24, 2.45) is 0 Å². The number of benzene rings is 2. The maximum absolute atomic E-state index is 11.3. The molecule has 3 rings (SSSR count). The first kappa shape index (κ1) is 19.7. The molecule has 0 aliphatic heterocycles. The number of carbonyl (C=O) groups is 1. The Hall–Kier alpha value is -2.08. The van der Waals surface area contributed by atoms with Gasteiger partial charge >= 0.3 is 0 Å². The van der Waals surface area contributed by atoms with Crippen LogP contribution in [-0.4, -0.2) is 11.9 Å². The van der Waals surface area contributed by atoms with Crippen LogP contribution in [0.1, 0.15) is 33.1 Å². The van der Waals surface area contributed by atoms with Crippen molar-refractivity contribution in [1.29, 1.82) is 0 Å². The molecule has 0 N–H and O–H groups in total. The molecule has 1 atom stereocenters. The minimum atomic E-state index is -0.442. The predicted molar refractivity (Wildman–Crippen MR) is 117 cm³/mol. The Morgan fingerprint density at radius 3 is 2.52 bits per heavy atom. The quantitative estimate of drug-likeness (QED) is 0.605.